The van der Waals surface area contributed by atoms with E-state index in [1.54, 1.807) is 12.1 Å². The third-order valence-electron chi connectivity index (χ3n) is 2.18. The van der Waals surface area contributed by atoms with Gasteiger partial charge < -0.3 is 14.3 Å². The van der Waals surface area contributed by atoms with Gasteiger partial charge in [-0.15, -0.1) is 0 Å². The fourth-order valence-electron chi connectivity index (χ4n) is 1.40. The molecule has 2 rings (SSSR count). The summed E-state index contributed by atoms with van der Waals surface area (Å²) in [5, 5.41) is 9.52. The fraction of sp³-hybridized carbons (Fsp3) is 0.0909. The van der Waals surface area contributed by atoms with Gasteiger partial charge in [0.25, 0.3) is 0 Å². The van der Waals surface area contributed by atoms with Crippen LogP contribution in [-0.2, 0) is 0 Å². The molecule has 16 heavy (non-hydrogen) atoms. The van der Waals surface area contributed by atoms with Crippen molar-refractivity contribution in [3.05, 3.63) is 40.4 Å². The molecule has 0 aliphatic heterocycles. The predicted octanol–water partition coefficient (Wildman–Crippen LogP) is 1.50. The molecule has 0 fully saturated rings. The lowest BCUT2D eigenvalue weighted by molar-refractivity contribution is 0.0658. The summed E-state index contributed by atoms with van der Waals surface area (Å²) in [6.45, 7) is 0. The van der Waals surface area contributed by atoms with Crippen molar-refractivity contribution in [1.29, 1.82) is 0 Å². The van der Waals surface area contributed by atoms with Crippen molar-refractivity contribution in [1.82, 2.24) is 0 Å². The highest BCUT2D eigenvalue weighted by Gasteiger charge is 2.10. The summed E-state index contributed by atoms with van der Waals surface area (Å²) in [6, 6.07) is 6.07. The molecule has 0 atom stereocenters. The third-order valence-corrected chi connectivity index (χ3v) is 2.18. The Bertz CT molecular complexity index is 611. The van der Waals surface area contributed by atoms with Crippen LogP contribution in [0.1, 0.15) is 10.6 Å². The van der Waals surface area contributed by atoms with Gasteiger partial charge in [0.05, 0.1) is 12.5 Å². The Kier molecular flexibility index (Phi) is 2.36. The van der Waals surface area contributed by atoms with Crippen molar-refractivity contribution in [2.75, 3.05) is 7.11 Å². The Morgan fingerprint density at radius 1 is 1.38 bits per heavy atom. The lowest BCUT2D eigenvalue weighted by atomic mass is 10.1. The Balaban J connectivity index is 2.76. The molecule has 0 amide bonds. The molecule has 5 nitrogen and oxygen atoms in total. The van der Waals surface area contributed by atoms with Gasteiger partial charge in [0.15, 0.2) is 0 Å². The topological polar surface area (TPSA) is 76.7 Å². The summed E-state index contributed by atoms with van der Waals surface area (Å²) in [5.41, 5.74) is -0.686. The highest BCUT2D eigenvalue weighted by Crippen LogP contribution is 2.18. The van der Waals surface area contributed by atoms with Gasteiger partial charge in [0.2, 0.25) is 5.76 Å². The third kappa shape index (κ3) is 1.63. The summed E-state index contributed by atoms with van der Waals surface area (Å²) in [6.07, 6.45) is 0. The van der Waals surface area contributed by atoms with Gasteiger partial charge >= 0.3 is 11.6 Å². The number of hydrogen-bond acceptors (Lipinski definition) is 4. The maximum atomic E-state index is 11.5. The van der Waals surface area contributed by atoms with E-state index in [9.17, 15) is 9.59 Å². The minimum Gasteiger partial charge on any atom is -0.497 e. The quantitative estimate of drug-likeness (QED) is 0.829. The SMILES string of the molecule is COc1ccc2cc(C(=O)O)oc(=O)c2c1. The standard InChI is InChI=1S/C11H8O5/c1-15-7-3-2-6-4-9(10(12)13)16-11(14)8(6)5-7/h2-5H,1H3,(H,12,13). The fourth-order valence-corrected chi connectivity index (χ4v) is 1.40. The van der Waals surface area contributed by atoms with Gasteiger partial charge in [0, 0.05) is 0 Å². The minimum absolute atomic E-state index is 0.296. The molecule has 0 spiro atoms. The average Bonchev–Trinajstić information content (AvgIpc) is 2.28. The Hall–Kier alpha value is -2.30. The number of methoxy groups -OCH3 is 1. The van der Waals surface area contributed by atoms with Crippen LogP contribution in [0, 0.1) is 0 Å². The number of hydrogen-bond donors (Lipinski definition) is 1. The van der Waals surface area contributed by atoms with Gasteiger partial charge in [-0.25, -0.2) is 9.59 Å². The smallest absolute Gasteiger partial charge is 0.371 e. The first-order chi connectivity index (χ1) is 7.61. The van der Waals surface area contributed by atoms with Crippen LogP contribution < -0.4 is 10.4 Å². The van der Waals surface area contributed by atoms with Crippen molar-refractivity contribution in [2.45, 2.75) is 0 Å². The van der Waals surface area contributed by atoms with E-state index >= 15 is 0 Å². The number of benzene rings is 1. The van der Waals surface area contributed by atoms with Gasteiger partial charge in [-0.3, -0.25) is 0 Å². The highest BCUT2D eigenvalue weighted by atomic mass is 16.5. The first-order valence-corrected chi connectivity index (χ1v) is 4.47. The van der Waals surface area contributed by atoms with Crippen molar-refractivity contribution in [2.24, 2.45) is 0 Å². The van der Waals surface area contributed by atoms with Gasteiger partial charge in [-0.1, -0.05) is 6.07 Å². The Morgan fingerprint density at radius 2 is 2.12 bits per heavy atom. The second-order valence-electron chi connectivity index (χ2n) is 3.16. The molecule has 1 N–H and O–H groups in total. The first-order valence-electron chi connectivity index (χ1n) is 4.47. The molecule has 1 aromatic heterocycles. The predicted molar refractivity (Wildman–Crippen MR) is 56.0 cm³/mol. The number of ether oxygens (including phenoxy) is 1. The van der Waals surface area contributed by atoms with Gasteiger partial charge in [-0.05, 0) is 23.6 Å². The van der Waals surface area contributed by atoms with Crippen LogP contribution in [0.2, 0.25) is 0 Å². The molecule has 0 unspecified atom stereocenters. The molecule has 0 saturated heterocycles. The second-order valence-corrected chi connectivity index (χ2v) is 3.16. The maximum absolute atomic E-state index is 11.5. The van der Waals surface area contributed by atoms with E-state index in [0.717, 1.165) is 0 Å². The summed E-state index contributed by atoms with van der Waals surface area (Å²) < 4.78 is 9.60. The van der Waals surface area contributed by atoms with Gasteiger partial charge in [-0.2, -0.15) is 0 Å². The van der Waals surface area contributed by atoms with E-state index < -0.39 is 11.6 Å². The van der Waals surface area contributed by atoms with Crippen LogP contribution in [0.25, 0.3) is 10.8 Å². The van der Waals surface area contributed by atoms with Crippen LogP contribution in [0.15, 0.2) is 33.5 Å². The average molecular weight is 220 g/mol. The zero-order valence-electron chi connectivity index (χ0n) is 8.39. The molecule has 0 saturated carbocycles. The lowest BCUT2D eigenvalue weighted by Gasteiger charge is -2.01. The largest absolute Gasteiger partial charge is 0.497 e. The van der Waals surface area contributed by atoms with Gasteiger partial charge in [0.1, 0.15) is 5.75 Å². The molecule has 0 bridgehead atoms. The summed E-state index contributed by atoms with van der Waals surface area (Å²) in [5.74, 6) is -1.12. The molecule has 5 heteroatoms. The monoisotopic (exact) mass is 220 g/mol. The molecule has 0 radical (unpaired) electrons. The normalized spacial score (nSPS) is 10.3. The van der Waals surface area contributed by atoms with E-state index in [1.807, 2.05) is 0 Å². The minimum atomic E-state index is -1.27. The zero-order chi connectivity index (χ0) is 11.7. The van der Waals surface area contributed by atoms with Crippen molar-refractivity contribution >= 4 is 16.7 Å². The van der Waals surface area contributed by atoms with E-state index in [4.69, 9.17) is 9.84 Å². The van der Waals surface area contributed by atoms with Crippen LogP contribution in [-0.4, -0.2) is 18.2 Å². The van der Waals surface area contributed by atoms with E-state index in [2.05, 4.69) is 4.42 Å². The lowest BCUT2D eigenvalue weighted by Crippen LogP contribution is -2.06. The van der Waals surface area contributed by atoms with Crippen LogP contribution >= 0.6 is 0 Å². The Morgan fingerprint density at radius 3 is 2.75 bits per heavy atom. The van der Waals surface area contributed by atoms with Crippen LogP contribution in [0.5, 0.6) is 5.75 Å². The number of fused-ring (bicyclic) bond motifs is 1. The van der Waals surface area contributed by atoms with Crippen molar-refractivity contribution in [3.8, 4) is 5.75 Å². The number of carbonyl (C=O) groups is 1. The molecular weight excluding hydrogens is 212 g/mol. The zero-order valence-corrected chi connectivity index (χ0v) is 8.39. The number of rotatable bonds is 2. The summed E-state index contributed by atoms with van der Waals surface area (Å²) in [7, 11) is 1.48. The van der Waals surface area contributed by atoms with Crippen molar-refractivity contribution < 1.29 is 19.1 Å². The number of aromatic carboxylic acids is 1. The van der Waals surface area contributed by atoms with E-state index in [-0.39, 0.29) is 5.76 Å². The number of carboxylic acids is 1. The molecule has 0 aliphatic rings. The van der Waals surface area contributed by atoms with E-state index in [1.165, 1.54) is 19.2 Å². The van der Waals surface area contributed by atoms with Crippen LogP contribution in [0.4, 0.5) is 0 Å². The highest BCUT2D eigenvalue weighted by molar-refractivity contribution is 5.91. The first kappa shape index (κ1) is 10.2. The molecule has 1 aromatic carbocycles. The van der Waals surface area contributed by atoms with Crippen molar-refractivity contribution in [3.63, 3.8) is 0 Å². The molecule has 82 valence electrons. The molecule has 2 aromatic rings. The maximum Gasteiger partial charge on any atom is 0.371 e. The second kappa shape index (κ2) is 3.69. The molecule has 0 aliphatic carbocycles. The Labute approximate surface area is 89.9 Å². The summed E-state index contributed by atoms with van der Waals surface area (Å²) >= 11 is 0. The summed E-state index contributed by atoms with van der Waals surface area (Å²) in [4.78, 5) is 22.1. The van der Waals surface area contributed by atoms with E-state index in [0.29, 0.717) is 16.5 Å². The number of carboxylic acid groups (broad SMARTS) is 1. The van der Waals surface area contributed by atoms with Crippen LogP contribution in [0.3, 0.4) is 0 Å². The molecular formula is C11H8O5. The molecule has 1 heterocycles.